The van der Waals surface area contributed by atoms with Crippen LogP contribution in [-0.2, 0) is 4.79 Å². The van der Waals surface area contributed by atoms with E-state index in [0.29, 0.717) is 23.7 Å². The number of carboxylic acids is 1. The monoisotopic (exact) mass is 262 g/mol. The van der Waals surface area contributed by atoms with Crippen LogP contribution in [0.1, 0.15) is 33.1 Å². The Labute approximate surface area is 114 Å². The molecule has 19 heavy (non-hydrogen) atoms. The summed E-state index contributed by atoms with van der Waals surface area (Å²) in [5, 5.41) is 11.6. The third kappa shape index (κ3) is 2.07. The van der Waals surface area contributed by atoms with Crippen molar-refractivity contribution in [1.29, 1.82) is 0 Å². The molecule has 0 saturated heterocycles. The number of carboxylic acid groups (broad SMARTS) is 1. The molecule has 0 radical (unpaired) electrons. The predicted molar refractivity (Wildman–Crippen MR) is 70.7 cm³/mol. The maximum atomic E-state index is 11.6. The summed E-state index contributed by atoms with van der Waals surface area (Å²) in [7, 11) is 0. The lowest BCUT2D eigenvalue weighted by Crippen LogP contribution is -2.57. The first-order valence-corrected chi connectivity index (χ1v) is 7.38. The van der Waals surface area contributed by atoms with Gasteiger partial charge in [-0.2, -0.15) is 0 Å². The van der Waals surface area contributed by atoms with Gasteiger partial charge < -0.3 is 9.90 Å². The lowest BCUT2D eigenvalue weighted by Gasteiger charge is -2.33. The number of amidine groups is 1. The first kappa shape index (κ1) is 12.7. The molecule has 2 bridgehead atoms. The molecule has 104 valence electrons. The smallest absolute Gasteiger partial charge is 0.295 e. The predicted octanol–water partition coefficient (Wildman–Crippen LogP) is 0.226. The zero-order valence-corrected chi connectivity index (χ0v) is 11.7. The maximum absolute atomic E-state index is 11.6. The molecule has 3 rings (SSSR count). The minimum atomic E-state index is -1.01. The van der Waals surface area contributed by atoms with Crippen LogP contribution in [0.5, 0.6) is 0 Å². The number of aliphatic carboxylic acids is 1. The summed E-state index contributed by atoms with van der Waals surface area (Å²) in [5.74, 6) is 0.603. The summed E-state index contributed by atoms with van der Waals surface area (Å²) in [6.45, 7) is 5.78. The summed E-state index contributed by atoms with van der Waals surface area (Å²) < 4.78 is 2.12. The molecule has 0 aromatic rings. The van der Waals surface area contributed by atoms with Crippen LogP contribution in [0.3, 0.4) is 0 Å². The van der Waals surface area contributed by atoms with Crippen LogP contribution in [-0.4, -0.2) is 46.5 Å². The minimum Gasteiger partial charge on any atom is -0.538 e. The van der Waals surface area contributed by atoms with Crippen LogP contribution in [0.4, 0.5) is 0 Å². The Balaban J connectivity index is 1.97. The lowest BCUT2D eigenvalue weighted by atomic mass is 9.99. The van der Waals surface area contributed by atoms with E-state index < -0.39 is 5.97 Å². The van der Waals surface area contributed by atoms with Crippen LogP contribution in [0.25, 0.3) is 0 Å². The van der Waals surface area contributed by atoms with E-state index in [1.54, 1.807) is 0 Å². The number of carbonyl (C=O) groups is 1. The first-order chi connectivity index (χ1) is 9.08. The molecule has 3 atom stereocenters. The van der Waals surface area contributed by atoms with Gasteiger partial charge in [-0.15, -0.1) is 0 Å². The van der Waals surface area contributed by atoms with Gasteiger partial charge in [0, 0.05) is 12.3 Å². The van der Waals surface area contributed by atoms with Gasteiger partial charge >= 0.3 is 0 Å². The molecule has 3 unspecified atom stereocenters. The standard InChI is InChI=1S/C15H22N2O2/c1-10(2)16-6-3-7-17(14(16)15(18)19)13-9-11-4-5-12(13)8-11/h4-5,10-13H,3,6-9H2,1-2H3. The summed E-state index contributed by atoms with van der Waals surface area (Å²) >= 11 is 0. The second kappa shape index (κ2) is 4.66. The van der Waals surface area contributed by atoms with Gasteiger partial charge in [0.25, 0.3) is 5.84 Å². The molecular formula is C15H22N2O2. The Morgan fingerprint density at radius 2 is 2.21 bits per heavy atom. The number of fused-ring (bicyclic) bond motifs is 2. The van der Waals surface area contributed by atoms with Gasteiger partial charge in [-0.1, -0.05) is 12.2 Å². The molecule has 1 aliphatic heterocycles. The van der Waals surface area contributed by atoms with Crippen molar-refractivity contribution in [2.24, 2.45) is 11.8 Å². The van der Waals surface area contributed by atoms with Gasteiger partial charge in [0.05, 0.1) is 19.1 Å². The van der Waals surface area contributed by atoms with E-state index in [1.165, 1.54) is 6.42 Å². The Hall–Kier alpha value is -1.32. The van der Waals surface area contributed by atoms with Crippen LogP contribution in [0.15, 0.2) is 12.2 Å². The second-order valence-corrected chi connectivity index (χ2v) is 6.29. The van der Waals surface area contributed by atoms with Crippen LogP contribution in [0.2, 0.25) is 0 Å². The average Bonchev–Trinajstić information content (AvgIpc) is 2.99. The van der Waals surface area contributed by atoms with E-state index in [1.807, 2.05) is 18.7 Å². The Morgan fingerprint density at radius 3 is 2.74 bits per heavy atom. The summed E-state index contributed by atoms with van der Waals surface area (Å²) in [6, 6.07) is 0.578. The van der Waals surface area contributed by atoms with E-state index in [0.717, 1.165) is 25.9 Å². The highest BCUT2D eigenvalue weighted by Crippen LogP contribution is 2.41. The molecule has 3 aliphatic rings. The van der Waals surface area contributed by atoms with Gasteiger partial charge in [0.1, 0.15) is 6.04 Å². The van der Waals surface area contributed by atoms with Gasteiger partial charge in [-0.05, 0) is 32.6 Å². The van der Waals surface area contributed by atoms with Crippen molar-refractivity contribution in [3.05, 3.63) is 12.2 Å². The zero-order chi connectivity index (χ0) is 13.6. The average molecular weight is 262 g/mol. The SMILES string of the molecule is CC(C)N1CCC[N+](C2CC3C=CC2C3)=C1C(=O)[O-]. The van der Waals surface area contributed by atoms with Crippen molar-refractivity contribution < 1.29 is 14.5 Å². The number of nitrogens with zero attached hydrogens (tertiary/aromatic N) is 2. The van der Waals surface area contributed by atoms with Crippen molar-refractivity contribution in [3.8, 4) is 0 Å². The third-order valence-corrected chi connectivity index (χ3v) is 4.79. The molecule has 0 amide bonds. The van der Waals surface area contributed by atoms with Crippen molar-refractivity contribution in [1.82, 2.24) is 4.90 Å². The summed E-state index contributed by atoms with van der Waals surface area (Å²) in [6.07, 6.45) is 7.91. The van der Waals surface area contributed by atoms with Crippen LogP contribution >= 0.6 is 0 Å². The number of allylic oxidation sites excluding steroid dienone is 1. The van der Waals surface area contributed by atoms with Crippen molar-refractivity contribution in [3.63, 3.8) is 0 Å². The largest absolute Gasteiger partial charge is 0.538 e. The third-order valence-electron chi connectivity index (χ3n) is 4.79. The quantitative estimate of drug-likeness (QED) is 0.540. The van der Waals surface area contributed by atoms with Crippen LogP contribution in [0, 0.1) is 11.8 Å². The topological polar surface area (TPSA) is 46.4 Å². The molecule has 0 aromatic carbocycles. The first-order valence-electron chi connectivity index (χ1n) is 7.38. The molecule has 4 nitrogen and oxygen atoms in total. The van der Waals surface area contributed by atoms with E-state index >= 15 is 0 Å². The lowest BCUT2D eigenvalue weighted by molar-refractivity contribution is -0.580. The normalized spacial score (nSPS) is 33.6. The Kier molecular flexibility index (Phi) is 3.11. The molecular weight excluding hydrogens is 240 g/mol. The molecule has 1 saturated carbocycles. The van der Waals surface area contributed by atoms with Gasteiger partial charge in [0.2, 0.25) is 0 Å². The molecule has 2 aliphatic carbocycles. The van der Waals surface area contributed by atoms with E-state index in [-0.39, 0.29) is 6.04 Å². The van der Waals surface area contributed by atoms with Crippen molar-refractivity contribution >= 4 is 11.8 Å². The Morgan fingerprint density at radius 1 is 1.42 bits per heavy atom. The van der Waals surface area contributed by atoms with Gasteiger partial charge in [-0.3, -0.25) is 9.48 Å². The number of rotatable bonds is 3. The highest BCUT2D eigenvalue weighted by molar-refractivity contribution is 6.31. The molecule has 0 spiro atoms. The summed E-state index contributed by atoms with van der Waals surface area (Å²) in [4.78, 5) is 13.6. The minimum absolute atomic E-state index is 0.213. The second-order valence-electron chi connectivity index (χ2n) is 6.29. The van der Waals surface area contributed by atoms with E-state index in [4.69, 9.17) is 0 Å². The number of hydrogen-bond donors (Lipinski definition) is 0. The highest BCUT2D eigenvalue weighted by atomic mass is 16.4. The highest BCUT2D eigenvalue weighted by Gasteiger charge is 2.43. The van der Waals surface area contributed by atoms with E-state index in [9.17, 15) is 9.90 Å². The van der Waals surface area contributed by atoms with Gasteiger partial charge in [-0.25, -0.2) is 0 Å². The molecule has 1 fully saturated rings. The van der Waals surface area contributed by atoms with Crippen molar-refractivity contribution in [2.45, 2.75) is 45.2 Å². The fraction of sp³-hybridized carbons (Fsp3) is 0.733. The fourth-order valence-electron chi connectivity index (χ4n) is 3.96. The Bertz CT molecular complexity index is 453. The molecule has 1 heterocycles. The molecule has 0 aromatic heterocycles. The summed E-state index contributed by atoms with van der Waals surface area (Å²) in [5.41, 5.74) is 0. The molecule has 0 N–H and O–H groups in total. The van der Waals surface area contributed by atoms with Crippen molar-refractivity contribution in [2.75, 3.05) is 13.1 Å². The molecule has 4 heteroatoms. The maximum Gasteiger partial charge on any atom is 0.295 e. The zero-order valence-electron chi connectivity index (χ0n) is 11.7. The fourth-order valence-corrected chi connectivity index (χ4v) is 3.96. The number of carbonyl (C=O) groups excluding carboxylic acids is 1. The number of hydrogen-bond acceptors (Lipinski definition) is 3. The van der Waals surface area contributed by atoms with E-state index in [2.05, 4.69) is 16.7 Å². The van der Waals surface area contributed by atoms with Gasteiger partial charge in [0.15, 0.2) is 5.97 Å². The van der Waals surface area contributed by atoms with Crippen LogP contribution < -0.4 is 5.11 Å².